The molecule has 2 aromatic rings. The summed E-state index contributed by atoms with van der Waals surface area (Å²) in [5, 5.41) is 10.8. The van der Waals surface area contributed by atoms with Crippen LogP contribution in [0.3, 0.4) is 0 Å². The summed E-state index contributed by atoms with van der Waals surface area (Å²) in [5.74, 6) is 0. The van der Waals surface area contributed by atoms with Gasteiger partial charge in [0, 0.05) is 11.6 Å². The first-order valence-electron chi connectivity index (χ1n) is 6.57. The van der Waals surface area contributed by atoms with E-state index < -0.39 is 43.0 Å². The number of anilines is 1. The van der Waals surface area contributed by atoms with Gasteiger partial charge in [0.05, 0.1) is 26.1 Å². The first-order valence-corrected chi connectivity index (χ1v) is 8.43. The smallest absolute Gasteiger partial charge is 0.279 e. The van der Waals surface area contributed by atoms with Gasteiger partial charge in [-0.05, 0) is 25.1 Å². The lowest BCUT2D eigenvalue weighted by Gasteiger charge is -2.15. The Hall–Kier alpha value is -2.33. The Kier molecular flexibility index (Phi) is 4.96. The van der Waals surface area contributed by atoms with Gasteiger partial charge in [-0.15, -0.1) is 0 Å². The van der Waals surface area contributed by atoms with Crippen LogP contribution in [0, 0.1) is 17.0 Å². The van der Waals surface area contributed by atoms with Crippen LogP contribution in [0.15, 0.2) is 41.3 Å². The van der Waals surface area contributed by atoms with Crippen LogP contribution in [0.1, 0.15) is 11.1 Å². The van der Waals surface area contributed by atoms with Crippen LogP contribution in [-0.4, -0.2) is 13.3 Å². The molecule has 0 fully saturated rings. The Labute approximate surface area is 145 Å². The highest BCUT2D eigenvalue weighted by molar-refractivity contribution is 7.92. The molecule has 6 nitrogen and oxygen atoms in total. The van der Waals surface area contributed by atoms with Crippen molar-refractivity contribution >= 4 is 33.0 Å². The van der Waals surface area contributed by atoms with E-state index in [2.05, 4.69) is 0 Å². The molecule has 1 N–H and O–H groups in total. The standard InChI is InChI=1S/C14H10ClF3N2O4S/c1-8-11(15)6-9(7-13(8)20(21)22)25(23,24)19-12-5-3-2-4-10(12)14(16,17)18/h2-7,19H,1H3. The van der Waals surface area contributed by atoms with Crippen molar-refractivity contribution in [1.82, 2.24) is 0 Å². The maximum Gasteiger partial charge on any atom is 0.418 e. The highest BCUT2D eigenvalue weighted by Crippen LogP contribution is 2.36. The molecule has 2 aromatic carbocycles. The number of nitrogens with one attached hydrogen (secondary N) is 1. The van der Waals surface area contributed by atoms with Gasteiger partial charge in [0.25, 0.3) is 15.7 Å². The minimum absolute atomic E-state index is 0.0429. The van der Waals surface area contributed by atoms with Crippen LogP contribution in [0.2, 0.25) is 5.02 Å². The summed E-state index contributed by atoms with van der Waals surface area (Å²) in [7, 11) is -4.53. The number of hydrogen-bond donors (Lipinski definition) is 1. The molecule has 134 valence electrons. The normalized spacial score (nSPS) is 12.0. The molecule has 0 bridgehead atoms. The molecule has 25 heavy (non-hydrogen) atoms. The lowest BCUT2D eigenvalue weighted by atomic mass is 10.2. The van der Waals surface area contributed by atoms with Crippen LogP contribution in [-0.2, 0) is 16.2 Å². The number of hydrogen-bond acceptors (Lipinski definition) is 4. The van der Waals surface area contributed by atoms with Gasteiger partial charge < -0.3 is 0 Å². The topological polar surface area (TPSA) is 89.3 Å². The fourth-order valence-electron chi connectivity index (χ4n) is 2.01. The van der Waals surface area contributed by atoms with E-state index in [0.29, 0.717) is 6.07 Å². The van der Waals surface area contributed by atoms with Crippen molar-refractivity contribution in [1.29, 1.82) is 0 Å². The van der Waals surface area contributed by atoms with Crippen molar-refractivity contribution in [2.45, 2.75) is 18.0 Å². The Morgan fingerprint density at radius 3 is 2.36 bits per heavy atom. The number of nitrogens with zero attached hydrogens (tertiary/aromatic N) is 1. The number of nitro groups is 1. The number of para-hydroxylation sites is 1. The molecule has 0 aliphatic heterocycles. The van der Waals surface area contributed by atoms with Crippen LogP contribution >= 0.6 is 11.6 Å². The van der Waals surface area contributed by atoms with Crippen molar-refractivity contribution in [2.75, 3.05) is 4.72 Å². The molecule has 0 aliphatic rings. The van der Waals surface area contributed by atoms with E-state index in [1.54, 1.807) is 4.72 Å². The van der Waals surface area contributed by atoms with E-state index in [9.17, 15) is 31.7 Å². The van der Waals surface area contributed by atoms with Crippen molar-refractivity contribution in [3.05, 3.63) is 62.7 Å². The third-order valence-corrected chi connectivity index (χ3v) is 5.01. The molecule has 0 spiro atoms. The number of rotatable bonds is 4. The zero-order chi connectivity index (χ0) is 19.0. The molecule has 0 unspecified atom stereocenters. The van der Waals surface area contributed by atoms with E-state index in [-0.39, 0.29) is 10.6 Å². The van der Waals surface area contributed by atoms with Crippen molar-refractivity contribution in [3.63, 3.8) is 0 Å². The van der Waals surface area contributed by atoms with Crippen molar-refractivity contribution in [3.8, 4) is 0 Å². The fraction of sp³-hybridized carbons (Fsp3) is 0.143. The van der Waals surface area contributed by atoms with Gasteiger partial charge in [0.15, 0.2) is 0 Å². The number of alkyl halides is 3. The van der Waals surface area contributed by atoms with Gasteiger partial charge in [0.1, 0.15) is 0 Å². The molecule has 11 heteroatoms. The fourth-order valence-corrected chi connectivity index (χ4v) is 3.41. The molecule has 0 aliphatic carbocycles. The van der Waals surface area contributed by atoms with E-state index in [0.717, 1.165) is 24.3 Å². The van der Waals surface area contributed by atoms with Crippen LogP contribution < -0.4 is 4.72 Å². The number of sulfonamides is 1. The SMILES string of the molecule is Cc1c(Cl)cc(S(=O)(=O)Nc2ccccc2C(F)(F)F)cc1[N+](=O)[O-]. The second-order valence-electron chi connectivity index (χ2n) is 4.96. The van der Waals surface area contributed by atoms with Gasteiger partial charge in [0.2, 0.25) is 0 Å². The largest absolute Gasteiger partial charge is 0.418 e. The second kappa shape index (κ2) is 6.52. The minimum atomic E-state index is -4.78. The summed E-state index contributed by atoms with van der Waals surface area (Å²) in [6.07, 6.45) is -4.78. The third kappa shape index (κ3) is 4.02. The van der Waals surface area contributed by atoms with E-state index in [1.807, 2.05) is 0 Å². The molecule has 0 atom stereocenters. The van der Waals surface area contributed by atoms with E-state index in [4.69, 9.17) is 11.6 Å². The van der Waals surface area contributed by atoms with Gasteiger partial charge in [-0.25, -0.2) is 8.42 Å². The molecule has 0 heterocycles. The molecule has 2 rings (SSSR count). The van der Waals surface area contributed by atoms with Gasteiger partial charge in [-0.3, -0.25) is 14.8 Å². The number of benzene rings is 2. The highest BCUT2D eigenvalue weighted by Gasteiger charge is 2.34. The van der Waals surface area contributed by atoms with Crippen molar-refractivity contribution in [2.24, 2.45) is 0 Å². The third-order valence-electron chi connectivity index (χ3n) is 3.27. The summed E-state index contributed by atoms with van der Waals surface area (Å²) in [4.78, 5) is 9.53. The van der Waals surface area contributed by atoms with Crippen LogP contribution in [0.25, 0.3) is 0 Å². The molecule has 0 saturated heterocycles. The summed E-state index contributed by atoms with van der Waals surface area (Å²) in [6, 6.07) is 5.64. The molecular weight excluding hydrogens is 385 g/mol. The Balaban J connectivity index is 2.54. The lowest BCUT2D eigenvalue weighted by molar-refractivity contribution is -0.385. The minimum Gasteiger partial charge on any atom is -0.279 e. The zero-order valence-corrected chi connectivity index (χ0v) is 14.0. The van der Waals surface area contributed by atoms with E-state index in [1.165, 1.54) is 13.0 Å². The zero-order valence-electron chi connectivity index (χ0n) is 12.5. The lowest BCUT2D eigenvalue weighted by Crippen LogP contribution is -2.17. The molecule has 0 radical (unpaired) electrons. The monoisotopic (exact) mass is 394 g/mol. The highest BCUT2D eigenvalue weighted by atomic mass is 35.5. The number of nitro benzene ring substituents is 1. The average molecular weight is 395 g/mol. The maximum absolute atomic E-state index is 13.0. The summed E-state index contributed by atoms with van der Waals surface area (Å²) >= 11 is 5.80. The summed E-state index contributed by atoms with van der Waals surface area (Å²) < 4.78 is 65.4. The second-order valence-corrected chi connectivity index (χ2v) is 7.04. The Morgan fingerprint density at radius 1 is 1.20 bits per heavy atom. The Bertz CT molecular complexity index is 946. The summed E-state index contributed by atoms with van der Waals surface area (Å²) in [5.41, 5.74) is -2.40. The van der Waals surface area contributed by atoms with Crippen LogP contribution in [0.5, 0.6) is 0 Å². The average Bonchev–Trinajstić information content (AvgIpc) is 2.48. The predicted octanol–water partition coefficient (Wildman–Crippen LogP) is 4.38. The van der Waals surface area contributed by atoms with Gasteiger partial charge in [-0.1, -0.05) is 23.7 Å². The number of halogens is 4. The van der Waals surface area contributed by atoms with Crippen LogP contribution in [0.4, 0.5) is 24.5 Å². The molecule has 0 saturated carbocycles. The first kappa shape index (κ1) is 19.0. The maximum atomic E-state index is 13.0. The van der Waals surface area contributed by atoms with Gasteiger partial charge in [-0.2, -0.15) is 13.2 Å². The van der Waals surface area contributed by atoms with Gasteiger partial charge >= 0.3 is 6.18 Å². The first-order chi connectivity index (χ1) is 11.4. The Morgan fingerprint density at radius 2 is 1.80 bits per heavy atom. The molecule has 0 aromatic heterocycles. The molecule has 0 amide bonds. The molecular formula is C14H10ClF3N2O4S. The van der Waals surface area contributed by atoms with E-state index >= 15 is 0 Å². The quantitative estimate of drug-likeness (QED) is 0.615. The summed E-state index contributed by atoms with van der Waals surface area (Å²) in [6.45, 7) is 1.32. The van der Waals surface area contributed by atoms with Crippen molar-refractivity contribution < 1.29 is 26.5 Å². The predicted molar refractivity (Wildman–Crippen MR) is 85.1 cm³/mol.